The van der Waals surface area contributed by atoms with Gasteiger partial charge in [0.15, 0.2) is 5.88 Å². The van der Waals surface area contributed by atoms with Crippen LogP contribution in [0.1, 0.15) is 104 Å². The number of phenols is 1. The van der Waals surface area contributed by atoms with Gasteiger partial charge in [-0.15, -0.1) is 0 Å². The SMILES string of the molecule is CC(C)(C)c1cc[nH]c(=O)c1.CC(C)(C)c1ccc2[nH]c(=O)[nH]c2c1.CC(C)(C)c1cccc(O)c1.CC(C)c1ccc2cc(O)[nH]c2c1. The molecular formula is C41H54N4O4. The van der Waals surface area contributed by atoms with E-state index in [0.29, 0.717) is 11.7 Å². The largest absolute Gasteiger partial charge is 0.508 e. The molecule has 0 amide bonds. The first-order valence-electron chi connectivity index (χ1n) is 16.7. The van der Waals surface area contributed by atoms with E-state index in [1.165, 1.54) is 11.1 Å². The summed E-state index contributed by atoms with van der Waals surface area (Å²) in [5.74, 6) is 1.10. The van der Waals surface area contributed by atoms with Crippen molar-refractivity contribution in [3.8, 4) is 11.6 Å². The molecule has 3 heterocycles. The lowest BCUT2D eigenvalue weighted by atomic mass is 9.87. The zero-order valence-corrected chi connectivity index (χ0v) is 30.9. The summed E-state index contributed by atoms with van der Waals surface area (Å²) in [4.78, 5) is 32.9. The molecule has 0 spiro atoms. The monoisotopic (exact) mass is 666 g/mol. The van der Waals surface area contributed by atoms with Crippen molar-refractivity contribution in [2.45, 2.75) is 98.3 Å². The molecule has 0 unspecified atom stereocenters. The molecule has 0 fully saturated rings. The number of aromatic nitrogens is 4. The highest BCUT2D eigenvalue weighted by molar-refractivity contribution is 5.82. The molecule has 0 bridgehead atoms. The van der Waals surface area contributed by atoms with Crippen LogP contribution in [0.5, 0.6) is 11.6 Å². The van der Waals surface area contributed by atoms with Gasteiger partial charge in [-0.2, -0.15) is 0 Å². The van der Waals surface area contributed by atoms with Crippen LogP contribution < -0.4 is 11.2 Å². The number of rotatable bonds is 1. The van der Waals surface area contributed by atoms with E-state index in [1.54, 1.807) is 30.5 Å². The van der Waals surface area contributed by atoms with Crippen molar-refractivity contribution in [3.63, 3.8) is 0 Å². The molecule has 262 valence electrons. The molecule has 3 aromatic heterocycles. The predicted molar refractivity (Wildman–Crippen MR) is 204 cm³/mol. The third-order valence-electron chi connectivity index (χ3n) is 8.03. The molecule has 8 nitrogen and oxygen atoms in total. The van der Waals surface area contributed by atoms with Gasteiger partial charge in [0.05, 0.1) is 11.0 Å². The number of fused-ring (bicyclic) bond motifs is 2. The summed E-state index contributed by atoms with van der Waals surface area (Å²) in [6.07, 6.45) is 1.68. The minimum Gasteiger partial charge on any atom is -0.508 e. The zero-order valence-electron chi connectivity index (χ0n) is 30.9. The number of nitrogens with one attached hydrogen (secondary N) is 4. The van der Waals surface area contributed by atoms with Crippen molar-refractivity contribution in [2.75, 3.05) is 0 Å². The molecule has 0 saturated heterocycles. The third kappa shape index (κ3) is 11.6. The van der Waals surface area contributed by atoms with Crippen LogP contribution in [0.15, 0.2) is 94.6 Å². The maximum Gasteiger partial charge on any atom is 0.323 e. The van der Waals surface area contributed by atoms with E-state index < -0.39 is 0 Å². The minimum absolute atomic E-state index is 0.0302. The van der Waals surface area contributed by atoms with Gasteiger partial charge in [-0.1, -0.05) is 106 Å². The fraction of sp³-hybridized carbons (Fsp3) is 0.366. The van der Waals surface area contributed by atoms with Crippen molar-refractivity contribution in [1.29, 1.82) is 0 Å². The summed E-state index contributed by atoms with van der Waals surface area (Å²) in [5, 5.41) is 19.5. The van der Waals surface area contributed by atoms with Gasteiger partial charge in [0.25, 0.3) is 0 Å². The lowest BCUT2D eigenvalue weighted by Crippen LogP contribution is -2.15. The van der Waals surface area contributed by atoms with Gasteiger partial charge in [-0.25, -0.2) is 4.79 Å². The van der Waals surface area contributed by atoms with Gasteiger partial charge in [0, 0.05) is 29.2 Å². The van der Waals surface area contributed by atoms with Crippen molar-refractivity contribution in [2.24, 2.45) is 0 Å². The van der Waals surface area contributed by atoms with Crippen molar-refractivity contribution < 1.29 is 10.2 Å². The molecular weight excluding hydrogens is 612 g/mol. The molecule has 0 aliphatic heterocycles. The molecule has 6 aromatic rings. The molecule has 3 aromatic carbocycles. The van der Waals surface area contributed by atoms with Crippen LogP contribution in [-0.4, -0.2) is 30.1 Å². The summed E-state index contributed by atoms with van der Waals surface area (Å²) >= 11 is 0. The smallest absolute Gasteiger partial charge is 0.323 e. The first-order chi connectivity index (χ1) is 22.6. The van der Waals surface area contributed by atoms with Gasteiger partial charge in [-0.05, 0) is 80.8 Å². The number of aromatic amines is 4. The highest BCUT2D eigenvalue weighted by Crippen LogP contribution is 2.26. The highest BCUT2D eigenvalue weighted by Gasteiger charge is 2.15. The summed E-state index contributed by atoms with van der Waals surface area (Å²) in [6, 6.07) is 24.9. The van der Waals surface area contributed by atoms with Crippen molar-refractivity contribution in [1.82, 2.24) is 19.9 Å². The highest BCUT2D eigenvalue weighted by atomic mass is 16.3. The number of phenolic OH excluding ortho intramolecular Hbond substituents is 1. The summed E-state index contributed by atoms with van der Waals surface area (Å²) in [7, 11) is 0. The Kier molecular flexibility index (Phi) is 12.2. The minimum atomic E-state index is -0.147. The van der Waals surface area contributed by atoms with Crippen LogP contribution in [0.25, 0.3) is 21.9 Å². The Morgan fingerprint density at radius 2 is 1.16 bits per heavy atom. The van der Waals surface area contributed by atoms with E-state index in [1.807, 2.05) is 42.5 Å². The lowest BCUT2D eigenvalue weighted by Gasteiger charge is -2.18. The van der Waals surface area contributed by atoms with Crippen LogP contribution in [0.3, 0.4) is 0 Å². The molecule has 6 rings (SSSR count). The first kappa shape index (κ1) is 38.5. The molecule has 0 saturated carbocycles. The zero-order chi connectivity index (χ0) is 36.7. The summed E-state index contributed by atoms with van der Waals surface area (Å²) in [6.45, 7) is 23.4. The number of pyridine rings is 1. The van der Waals surface area contributed by atoms with Crippen LogP contribution in [0, 0.1) is 0 Å². The maximum absolute atomic E-state index is 11.0. The van der Waals surface area contributed by atoms with E-state index in [4.69, 9.17) is 0 Å². The van der Waals surface area contributed by atoms with Gasteiger partial charge in [0.2, 0.25) is 5.56 Å². The lowest BCUT2D eigenvalue weighted by molar-refractivity contribution is 0.458. The average molecular weight is 667 g/mol. The van der Waals surface area contributed by atoms with Crippen molar-refractivity contribution in [3.05, 3.63) is 128 Å². The standard InChI is InChI=1S/C11H14N2O.C11H13NO.C10H14O.C9H13NO/c1-11(2,3)7-4-5-8-9(6-7)13-10(14)12-8;1-7(2)8-3-4-9-6-11(13)12-10(9)5-8;1-10(2,3)8-5-4-6-9(11)7-8;1-9(2,3)7-4-5-10-8(11)6-7/h4-6H,1-3H3,(H2,12,13,14);3-7,12-13H,1-2H3;4-7,11H,1-3H3;4-6H,1-3H3,(H,10,11). The molecule has 0 radical (unpaired) electrons. The van der Waals surface area contributed by atoms with Gasteiger partial charge in [0.1, 0.15) is 5.75 Å². The van der Waals surface area contributed by atoms with E-state index in [0.717, 1.165) is 33.1 Å². The van der Waals surface area contributed by atoms with Crippen LogP contribution in [0.4, 0.5) is 0 Å². The van der Waals surface area contributed by atoms with Crippen LogP contribution in [0.2, 0.25) is 0 Å². The number of aromatic hydroxyl groups is 2. The second-order valence-corrected chi connectivity index (χ2v) is 15.7. The van der Waals surface area contributed by atoms with Gasteiger partial charge >= 0.3 is 5.69 Å². The molecule has 49 heavy (non-hydrogen) atoms. The van der Waals surface area contributed by atoms with E-state index in [2.05, 4.69) is 108 Å². The first-order valence-corrected chi connectivity index (χ1v) is 16.7. The van der Waals surface area contributed by atoms with Crippen LogP contribution in [-0.2, 0) is 16.2 Å². The summed E-state index contributed by atoms with van der Waals surface area (Å²) in [5.41, 5.74) is 7.61. The van der Waals surface area contributed by atoms with Crippen LogP contribution >= 0.6 is 0 Å². The second-order valence-electron chi connectivity index (χ2n) is 15.7. The van der Waals surface area contributed by atoms with E-state index in [-0.39, 0.29) is 33.4 Å². The molecule has 0 atom stereocenters. The maximum atomic E-state index is 11.0. The molecule has 8 heteroatoms. The quantitative estimate of drug-likeness (QED) is 0.104. The topological polar surface area (TPSA) is 138 Å². The fourth-order valence-corrected chi connectivity index (χ4v) is 4.87. The molecule has 0 aliphatic rings. The van der Waals surface area contributed by atoms with Gasteiger partial charge in [-0.3, -0.25) is 4.79 Å². The van der Waals surface area contributed by atoms with Gasteiger partial charge < -0.3 is 30.1 Å². The van der Waals surface area contributed by atoms with E-state index in [9.17, 15) is 19.8 Å². The second kappa shape index (κ2) is 15.5. The number of imidazole rings is 1. The Bertz CT molecular complexity index is 2070. The Morgan fingerprint density at radius 1 is 0.571 bits per heavy atom. The Morgan fingerprint density at radius 3 is 1.69 bits per heavy atom. The van der Waals surface area contributed by atoms with Crippen molar-refractivity contribution >= 4 is 21.9 Å². The Labute approximate surface area is 289 Å². The number of benzene rings is 3. The fourth-order valence-electron chi connectivity index (χ4n) is 4.87. The molecule has 6 N–H and O–H groups in total. The predicted octanol–water partition coefficient (Wildman–Crippen LogP) is 9.51. The third-order valence-corrected chi connectivity index (χ3v) is 8.03. The number of H-pyrrole nitrogens is 4. The molecule has 0 aliphatic carbocycles. The summed E-state index contributed by atoms with van der Waals surface area (Å²) < 4.78 is 0. The average Bonchev–Trinajstić information content (AvgIpc) is 3.56. The normalized spacial score (nSPS) is 11.7. The number of hydrogen-bond acceptors (Lipinski definition) is 4. The Hall–Kier alpha value is -4.98. The van der Waals surface area contributed by atoms with E-state index >= 15 is 0 Å². The number of hydrogen-bond donors (Lipinski definition) is 6. The Balaban J connectivity index is 0.000000178.